The molecule has 0 spiro atoms. The van der Waals surface area contributed by atoms with Crippen LogP contribution in [0.1, 0.15) is 11.1 Å². The highest BCUT2D eigenvalue weighted by atomic mass is 35.5. The Balaban J connectivity index is 2.06. The van der Waals surface area contributed by atoms with Gasteiger partial charge in [-0.3, -0.25) is 0 Å². The summed E-state index contributed by atoms with van der Waals surface area (Å²) in [5, 5.41) is 1.34. The maximum absolute atomic E-state index is 12.1. The summed E-state index contributed by atoms with van der Waals surface area (Å²) in [6.07, 6.45) is 0.637. The lowest BCUT2D eigenvalue weighted by Gasteiger charge is -2.30. The molecule has 7 heteroatoms. The van der Waals surface area contributed by atoms with Crippen LogP contribution in [0.15, 0.2) is 41.4 Å². The van der Waals surface area contributed by atoms with Gasteiger partial charge in [-0.15, -0.1) is 0 Å². The zero-order chi connectivity index (χ0) is 17.3. The number of hydrogen-bond donors (Lipinski definition) is 2. The van der Waals surface area contributed by atoms with Gasteiger partial charge in [0.1, 0.15) is 0 Å². The van der Waals surface area contributed by atoms with Gasteiger partial charge in [0.15, 0.2) is 5.96 Å². The van der Waals surface area contributed by atoms with Gasteiger partial charge in [0.05, 0.1) is 0 Å². The van der Waals surface area contributed by atoms with Gasteiger partial charge in [0, 0.05) is 28.7 Å². The normalized spacial score (nSPS) is 13.3. The molecule has 4 N–H and O–H groups in total. The zero-order valence-corrected chi connectivity index (χ0v) is 14.3. The van der Waals surface area contributed by atoms with Crippen LogP contribution in [0.25, 0.3) is 11.1 Å². The maximum Gasteiger partial charge on any atom is 0.347 e. The van der Waals surface area contributed by atoms with Crippen molar-refractivity contribution < 1.29 is 4.79 Å². The number of fused-ring (bicyclic) bond motifs is 1. The van der Waals surface area contributed by atoms with Gasteiger partial charge in [-0.25, -0.2) is 4.79 Å². The lowest BCUT2D eigenvalue weighted by Crippen LogP contribution is -2.36. The van der Waals surface area contributed by atoms with E-state index in [4.69, 9.17) is 34.7 Å². The van der Waals surface area contributed by atoms with Crippen molar-refractivity contribution >= 4 is 35.2 Å². The molecule has 1 heterocycles. The van der Waals surface area contributed by atoms with E-state index in [-0.39, 0.29) is 5.96 Å². The van der Waals surface area contributed by atoms with Crippen LogP contribution in [0.5, 0.6) is 0 Å². The predicted octanol–water partition coefficient (Wildman–Crippen LogP) is 3.41. The molecule has 124 valence electrons. The van der Waals surface area contributed by atoms with Crippen LogP contribution < -0.4 is 11.5 Å². The van der Waals surface area contributed by atoms with Crippen molar-refractivity contribution in [2.75, 3.05) is 6.54 Å². The van der Waals surface area contributed by atoms with Gasteiger partial charge in [-0.05, 0) is 35.2 Å². The van der Waals surface area contributed by atoms with Crippen LogP contribution in [-0.2, 0) is 13.0 Å². The van der Waals surface area contributed by atoms with E-state index >= 15 is 0 Å². The number of hydrogen-bond acceptors (Lipinski definition) is 1. The lowest BCUT2D eigenvalue weighted by atomic mass is 9.91. The van der Waals surface area contributed by atoms with Gasteiger partial charge in [0.25, 0.3) is 0 Å². The van der Waals surface area contributed by atoms with E-state index in [1.807, 2.05) is 36.4 Å². The smallest absolute Gasteiger partial charge is 0.347 e. The van der Waals surface area contributed by atoms with Crippen LogP contribution in [0.4, 0.5) is 4.79 Å². The summed E-state index contributed by atoms with van der Waals surface area (Å²) in [6, 6.07) is 10.9. The summed E-state index contributed by atoms with van der Waals surface area (Å²) >= 11 is 12.7. The highest BCUT2D eigenvalue weighted by Gasteiger charge is 2.25. The molecular weight excluding hydrogens is 347 g/mol. The Kier molecular flexibility index (Phi) is 4.64. The van der Waals surface area contributed by atoms with Gasteiger partial charge < -0.3 is 16.4 Å². The summed E-state index contributed by atoms with van der Waals surface area (Å²) < 4.78 is 0. The Morgan fingerprint density at radius 3 is 2.46 bits per heavy atom. The number of aliphatic imine (C=N–C) groups is 1. The molecule has 2 aromatic carbocycles. The third-order valence-corrected chi connectivity index (χ3v) is 4.70. The van der Waals surface area contributed by atoms with E-state index in [0.717, 1.165) is 22.3 Å². The monoisotopic (exact) mass is 362 g/mol. The van der Waals surface area contributed by atoms with Gasteiger partial charge in [-0.2, -0.15) is 4.99 Å². The molecule has 5 nitrogen and oxygen atoms in total. The molecule has 0 unspecified atom stereocenters. The van der Waals surface area contributed by atoms with Crippen LogP contribution >= 0.6 is 23.2 Å². The Labute approximate surface area is 149 Å². The standard InChI is InChI=1S/C17H16Cl2N4O/c18-14-4-2-1-3-11(14)10-5-6-15(19)12-7-8-23(9-13(10)12)17(24)22-16(20)21/h1-6H,7-9H2,(H4,20,21,22,24). The number of rotatable bonds is 1. The first kappa shape index (κ1) is 16.6. The van der Waals surface area contributed by atoms with Gasteiger partial charge >= 0.3 is 6.03 Å². The van der Waals surface area contributed by atoms with Crippen molar-refractivity contribution in [3.05, 3.63) is 57.6 Å². The van der Waals surface area contributed by atoms with Crippen molar-refractivity contribution in [2.45, 2.75) is 13.0 Å². The fourth-order valence-electron chi connectivity index (χ4n) is 2.91. The molecule has 24 heavy (non-hydrogen) atoms. The minimum absolute atomic E-state index is 0.247. The predicted molar refractivity (Wildman–Crippen MR) is 97.2 cm³/mol. The molecule has 2 amide bonds. The number of benzene rings is 2. The Morgan fingerprint density at radius 2 is 1.75 bits per heavy atom. The minimum atomic E-state index is -0.453. The maximum atomic E-state index is 12.1. The van der Waals surface area contributed by atoms with Gasteiger partial charge in [0.2, 0.25) is 0 Å². The number of guanidine groups is 1. The quantitative estimate of drug-likeness (QED) is 0.602. The number of nitrogens with two attached hydrogens (primary N) is 2. The van der Waals surface area contributed by atoms with Crippen molar-refractivity contribution in [2.24, 2.45) is 16.5 Å². The van der Waals surface area contributed by atoms with E-state index in [2.05, 4.69) is 4.99 Å². The average molecular weight is 363 g/mol. The van der Waals surface area contributed by atoms with Crippen molar-refractivity contribution in [1.82, 2.24) is 4.90 Å². The highest BCUT2D eigenvalue weighted by Crippen LogP contribution is 2.37. The second kappa shape index (κ2) is 6.71. The van der Waals surface area contributed by atoms with E-state index < -0.39 is 6.03 Å². The van der Waals surface area contributed by atoms with E-state index in [9.17, 15) is 4.79 Å². The number of carbonyl (C=O) groups excluding carboxylic acids is 1. The molecule has 0 atom stereocenters. The number of carbonyl (C=O) groups is 1. The fourth-order valence-corrected chi connectivity index (χ4v) is 3.42. The largest absolute Gasteiger partial charge is 0.370 e. The molecular formula is C17H16Cl2N4O. The molecule has 1 aliphatic rings. The van der Waals surface area contributed by atoms with Gasteiger partial charge in [-0.1, -0.05) is 47.5 Å². The molecule has 0 bridgehead atoms. The first-order chi connectivity index (χ1) is 11.5. The van der Waals surface area contributed by atoms with Crippen molar-refractivity contribution in [1.29, 1.82) is 0 Å². The van der Waals surface area contributed by atoms with E-state index in [1.54, 1.807) is 4.90 Å². The Bertz CT molecular complexity index is 831. The number of urea groups is 1. The zero-order valence-electron chi connectivity index (χ0n) is 12.8. The number of halogens is 2. The molecule has 2 aromatic rings. The summed E-state index contributed by atoms with van der Waals surface area (Å²) in [5.41, 5.74) is 14.5. The highest BCUT2D eigenvalue weighted by molar-refractivity contribution is 6.33. The third kappa shape index (κ3) is 3.18. The molecule has 0 saturated carbocycles. The molecule has 3 rings (SSSR count). The molecule has 0 aromatic heterocycles. The minimum Gasteiger partial charge on any atom is -0.370 e. The van der Waals surface area contributed by atoms with E-state index in [0.29, 0.717) is 29.6 Å². The van der Waals surface area contributed by atoms with Crippen LogP contribution in [-0.4, -0.2) is 23.4 Å². The Morgan fingerprint density at radius 1 is 1.00 bits per heavy atom. The number of amides is 2. The second-order valence-corrected chi connectivity index (χ2v) is 6.34. The molecule has 0 aliphatic carbocycles. The van der Waals surface area contributed by atoms with Crippen LogP contribution in [0.3, 0.4) is 0 Å². The number of nitrogens with zero attached hydrogens (tertiary/aromatic N) is 2. The summed E-state index contributed by atoms with van der Waals surface area (Å²) in [5.74, 6) is -0.247. The summed E-state index contributed by atoms with van der Waals surface area (Å²) in [6.45, 7) is 0.889. The molecule has 0 radical (unpaired) electrons. The van der Waals surface area contributed by atoms with E-state index in [1.165, 1.54) is 0 Å². The SMILES string of the molecule is NC(N)=NC(=O)N1CCc2c(Cl)ccc(-c3ccccc3Cl)c2C1. The second-order valence-electron chi connectivity index (χ2n) is 5.52. The summed E-state index contributed by atoms with van der Waals surface area (Å²) in [4.78, 5) is 17.3. The topological polar surface area (TPSA) is 84.7 Å². The molecule has 0 fully saturated rings. The van der Waals surface area contributed by atoms with Crippen LogP contribution in [0.2, 0.25) is 10.0 Å². The summed E-state index contributed by atoms with van der Waals surface area (Å²) in [7, 11) is 0. The van der Waals surface area contributed by atoms with Crippen molar-refractivity contribution in [3.63, 3.8) is 0 Å². The molecule has 0 saturated heterocycles. The van der Waals surface area contributed by atoms with Crippen molar-refractivity contribution in [3.8, 4) is 11.1 Å². The average Bonchev–Trinajstić information content (AvgIpc) is 2.55. The first-order valence-corrected chi connectivity index (χ1v) is 8.16. The van der Waals surface area contributed by atoms with Crippen LogP contribution in [0, 0.1) is 0 Å². The lowest BCUT2D eigenvalue weighted by molar-refractivity contribution is 0.203. The Hall–Kier alpha value is -2.24. The molecule has 1 aliphatic heterocycles. The first-order valence-electron chi connectivity index (χ1n) is 7.41. The fraction of sp³-hybridized carbons (Fsp3) is 0.176. The third-order valence-electron chi connectivity index (χ3n) is 4.01.